The van der Waals surface area contributed by atoms with Crippen molar-refractivity contribution in [3.8, 4) is 0 Å². The zero-order chi connectivity index (χ0) is 10.5. The average molecular weight is 207 g/mol. The lowest BCUT2D eigenvalue weighted by atomic mass is 9.96. The van der Waals surface area contributed by atoms with Crippen LogP contribution in [-0.4, -0.2) is 34.5 Å². The predicted molar refractivity (Wildman–Crippen MR) is 61.9 cm³/mol. The maximum Gasteiger partial charge on any atom is 0.109 e. The SMILES string of the molecule is CCCCN1CCC(c2ncc[nH]2)CC1. The Balaban J connectivity index is 1.77. The fourth-order valence-corrected chi connectivity index (χ4v) is 2.31. The van der Waals surface area contributed by atoms with Crippen molar-refractivity contribution in [1.82, 2.24) is 14.9 Å². The highest BCUT2D eigenvalue weighted by Gasteiger charge is 2.21. The van der Waals surface area contributed by atoms with Gasteiger partial charge in [0.2, 0.25) is 0 Å². The van der Waals surface area contributed by atoms with Crippen LogP contribution in [0.5, 0.6) is 0 Å². The van der Waals surface area contributed by atoms with Crippen LogP contribution in [0.1, 0.15) is 44.3 Å². The molecule has 1 aromatic heterocycles. The van der Waals surface area contributed by atoms with Crippen molar-refractivity contribution in [1.29, 1.82) is 0 Å². The van der Waals surface area contributed by atoms with Gasteiger partial charge in [-0.3, -0.25) is 0 Å². The van der Waals surface area contributed by atoms with E-state index < -0.39 is 0 Å². The van der Waals surface area contributed by atoms with E-state index in [4.69, 9.17) is 0 Å². The largest absolute Gasteiger partial charge is 0.348 e. The number of H-pyrrole nitrogens is 1. The van der Waals surface area contributed by atoms with Gasteiger partial charge in [-0.25, -0.2) is 4.98 Å². The molecule has 0 bridgehead atoms. The predicted octanol–water partition coefficient (Wildman–Crippen LogP) is 2.39. The van der Waals surface area contributed by atoms with E-state index in [0.29, 0.717) is 5.92 Å². The van der Waals surface area contributed by atoms with Crippen LogP contribution in [-0.2, 0) is 0 Å². The molecule has 0 unspecified atom stereocenters. The lowest BCUT2D eigenvalue weighted by Gasteiger charge is -2.30. The fourth-order valence-electron chi connectivity index (χ4n) is 2.31. The molecule has 15 heavy (non-hydrogen) atoms. The van der Waals surface area contributed by atoms with E-state index in [1.54, 1.807) is 0 Å². The molecule has 0 atom stereocenters. The Morgan fingerprint density at radius 2 is 2.27 bits per heavy atom. The molecule has 1 aliphatic rings. The summed E-state index contributed by atoms with van der Waals surface area (Å²) in [4.78, 5) is 10.2. The van der Waals surface area contributed by atoms with Crippen LogP contribution in [0, 0.1) is 0 Å². The number of likely N-dealkylation sites (tertiary alicyclic amines) is 1. The molecule has 0 aliphatic carbocycles. The molecule has 1 aliphatic heterocycles. The van der Waals surface area contributed by atoms with Gasteiger partial charge in [0.15, 0.2) is 0 Å². The summed E-state index contributed by atoms with van der Waals surface area (Å²) in [6, 6.07) is 0. The number of imidazole rings is 1. The van der Waals surface area contributed by atoms with Gasteiger partial charge in [-0.1, -0.05) is 13.3 Å². The third kappa shape index (κ3) is 2.81. The molecule has 3 heteroatoms. The first kappa shape index (κ1) is 10.7. The Kier molecular flexibility index (Phi) is 3.78. The summed E-state index contributed by atoms with van der Waals surface area (Å²) in [5.74, 6) is 1.85. The normalized spacial score (nSPS) is 19.5. The van der Waals surface area contributed by atoms with Crippen LogP contribution in [0.4, 0.5) is 0 Å². The van der Waals surface area contributed by atoms with Crippen molar-refractivity contribution in [2.24, 2.45) is 0 Å². The van der Waals surface area contributed by atoms with E-state index in [1.807, 2.05) is 12.4 Å². The monoisotopic (exact) mass is 207 g/mol. The standard InChI is InChI=1S/C12H21N3/c1-2-3-8-15-9-4-11(5-10-15)12-13-6-7-14-12/h6-7,11H,2-5,8-10H2,1H3,(H,13,14). The van der Waals surface area contributed by atoms with E-state index >= 15 is 0 Å². The number of aromatic nitrogens is 2. The number of hydrogen-bond acceptors (Lipinski definition) is 2. The van der Waals surface area contributed by atoms with Crippen LogP contribution >= 0.6 is 0 Å². The molecule has 0 spiro atoms. The fraction of sp³-hybridized carbons (Fsp3) is 0.750. The summed E-state index contributed by atoms with van der Waals surface area (Å²) in [5.41, 5.74) is 0. The molecular formula is C12H21N3. The molecule has 3 nitrogen and oxygen atoms in total. The van der Waals surface area contributed by atoms with Crippen molar-refractivity contribution in [3.63, 3.8) is 0 Å². The van der Waals surface area contributed by atoms with Crippen LogP contribution < -0.4 is 0 Å². The van der Waals surface area contributed by atoms with Crippen molar-refractivity contribution in [3.05, 3.63) is 18.2 Å². The van der Waals surface area contributed by atoms with Gasteiger partial charge >= 0.3 is 0 Å². The lowest BCUT2D eigenvalue weighted by molar-refractivity contribution is 0.207. The summed E-state index contributed by atoms with van der Waals surface area (Å²) in [5, 5.41) is 0. The molecule has 1 fully saturated rings. The maximum absolute atomic E-state index is 4.35. The number of piperidine rings is 1. The second-order valence-electron chi connectivity index (χ2n) is 4.44. The van der Waals surface area contributed by atoms with Gasteiger partial charge in [0.05, 0.1) is 0 Å². The quantitative estimate of drug-likeness (QED) is 0.822. The molecule has 1 N–H and O–H groups in total. The summed E-state index contributed by atoms with van der Waals surface area (Å²) in [6.45, 7) is 6.02. The van der Waals surface area contributed by atoms with Crippen molar-refractivity contribution in [2.75, 3.05) is 19.6 Å². The van der Waals surface area contributed by atoms with Gasteiger partial charge < -0.3 is 9.88 Å². The third-order valence-corrected chi connectivity index (χ3v) is 3.32. The summed E-state index contributed by atoms with van der Waals surface area (Å²) in [7, 11) is 0. The Morgan fingerprint density at radius 3 is 2.87 bits per heavy atom. The Bertz CT molecular complexity index is 260. The van der Waals surface area contributed by atoms with Crippen LogP contribution in [0.3, 0.4) is 0 Å². The van der Waals surface area contributed by atoms with E-state index in [0.717, 1.165) is 0 Å². The lowest BCUT2D eigenvalue weighted by Crippen LogP contribution is -2.33. The first-order valence-corrected chi connectivity index (χ1v) is 6.11. The van der Waals surface area contributed by atoms with Gasteiger partial charge in [0.25, 0.3) is 0 Å². The number of nitrogens with one attached hydrogen (secondary N) is 1. The molecule has 0 amide bonds. The minimum absolute atomic E-state index is 0.665. The minimum Gasteiger partial charge on any atom is -0.348 e. The molecule has 1 aromatic rings. The number of rotatable bonds is 4. The highest BCUT2D eigenvalue weighted by Crippen LogP contribution is 2.25. The van der Waals surface area contributed by atoms with Gasteiger partial charge in [-0.15, -0.1) is 0 Å². The zero-order valence-electron chi connectivity index (χ0n) is 9.58. The molecule has 2 rings (SSSR count). The first-order chi connectivity index (χ1) is 7.40. The molecule has 1 saturated heterocycles. The number of aromatic amines is 1. The summed E-state index contributed by atoms with van der Waals surface area (Å²) in [6.07, 6.45) is 8.95. The molecule has 84 valence electrons. The number of hydrogen-bond donors (Lipinski definition) is 1. The molecule has 0 radical (unpaired) electrons. The second kappa shape index (κ2) is 5.31. The smallest absolute Gasteiger partial charge is 0.109 e. The third-order valence-electron chi connectivity index (χ3n) is 3.32. The van der Waals surface area contributed by atoms with Crippen molar-refractivity contribution >= 4 is 0 Å². The van der Waals surface area contributed by atoms with E-state index in [1.165, 1.54) is 51.1 Å². The summed E-state index contributed by atoms with van der Waals surface area (Å²) < 4.78 is 0. The Labute approximate surface area is 91.9 Å². The molecule has 0 aromatic carbocycles. The molecule has 2 heterocycles. The summed E-state index contributed by atoms with van der Waals surface area (Å²) >= 11 is 0. The topological polar surface area (TPSA) is 31.9 Å². The second-order valence-corrected chi connectivity index (χ2v) is 4.44. The van der Waals surface area contributed by atoms with Crippen LogP contribution in [0.2, 0.25) is 0 Å². The van der Waals surface area contributed by atoms with E-state index in [9.17, 15) is 0 Å². The first-order valence-electron chi connectivity index (χ1n) is 6.11. The average Bonchev–Trinajstić information content (AvgIpc) is 2.80. The molecule has 0 saturated carbocycles. The van der Waals surface area contributed by atoms with Gasteiger partial charge in [-0.05, 0) is 38.9 Å². The Hall–Kier alpha value is -0.830. The number of unbranched alkanes of at least 4 members (excludes halogenated alkanes) is 1. The van der Waals surface area contributed by atoms with Crippen molar-refractivity contribution < 1.29 is 0 Å². The van der Waals surface area contributed by atoms with Gasteiger partial charge in [0.1, 0.15) is 5.82 Å². The Morgan fingerprint density at radius 1 is 1.47 bits per heavy atom. The van der Waals surface area contributed by atoms with E-state index in [-0.39, 0.29) is 0 Å². The van der Waals surface area contributed by atoms with Gasteiger partial charge in [-0.2, -0.15) is 0 Å². The van der Waals surface area contributed by atoms with Crippen LogP contribution in [0.25, 0.3) is 0 Å². The highest BCUT2D eigenvalue weighted by molar-refractivity contribution is 4.98. The van der Waals surface area contributed by atoms with Gasteiger partial charge in [0, 0.05) is 18.3 Å². The number of nitrogens with zero attached hydrogens (tertiary/aromatic N) is 2. The van der Waals surface area contributed by atoms with Crippen LogP contribution in [0.15, 0.2) is 12.4 Å². The molecular weight excluding hydrogens is 186 g/mol. The zero-order valence-corrected chi connectivity index (χ0v) is 9.58. The highest BCUT2D eigenvalue weighted by atomic mass is 15.1. The van der Waals surface area contributed by atoms with E-state index in [2.05, 4.69) is 21.8 Å². The van der Waals surface area contributed by atoms with Crippen molar-refractivity contribution in [2.45, 2.75) is 38.5 Å². The maximum atomic E-state index is 4.35. The minimum atomic E-state index is 0.665.